The average Bonchev–Trinajstić information content (AvgIpc) is 3.49. The summed E-state index contributed by atoms with van der Waals surface area (Å²) in [5.41, 5.74) is 1.34. The first-order valence-electron chi connectivity index (χ1n) is 13.2. The van der Waals surface area contributed by atoms with Gasteiger partial charge in [0.2, 0.25) is 0 Å². The monoisotopic (exact) mass is 494 g/mol. The molecule has 3 aliphatic carbocycles. The third-order valence-corrected chi connectivity index (χ3v) is 10.5. The van der Waals surface area contributed by atoms with Crippen LogP contribution in [0.25, 0.3) is 16.7 Å². The summed E-state index contributed by atoms with van der Waals surface area (Å²) in [6, 6.07) is 5.89. The number of halogens is 1. The van der Waals surface area contributed by atoms with Gasteiger partial charge in [0, 0.05) is 30.7 Å². The molecule has 7 rings (SSSR count). The molecular formula is C29H35FN2O4. The lowest BCUT2D eigenvalue weighted by atomic mass is 9.56. The van der Waals surface area contributed by atoms with E-state index >= 15 is 4.39 Å². The number of benzene rings is 1. The van der Waals surface area contributed by atoms with Crippen molar-refractivity contribution >= 4 is 16.7 Å². The first-order valence-corrected chi connectivity index (χ1v) is 13.2. The zero-order valence-corrected chi connectivity index (χ0v) is 21.4. The van der Waals surface area contributed by atoms with Crippen LogP contribution in [0.4, 0.5) is 4.39 Å². The Kier molecular flexibility index (Phi) is 4.53. The minimum absolute atomic E-state index is 0.136. The summed E-state index contributed by atoms with van der Waals surface area (Å²) < 4.78 is 29.6. The third-order valence-electron chi connectivity index (χ3n) is 10.5. The Labute approximate surface area is 210 Å². The predicted octanol–water partition coefficient (Wildman–Crippen LogP) is 4.33. The second kappa shape index (κ2) is 7.07. The summed E-state index contributed by atoms with van der Waals surface area (Å²) in [5.74, 6) is 0.855. The number of likely N-dealkylation sites (N-methyl/N-ethyl adjacent to an activating group) is 1. The maximum Gasteiger partial charge on any atom is 0.192 e. The Bertz CT molecular complexity index is 1330. The fourth-order valence-electron chi connectivity index (χ4n) is 8.64. The molecule has 8 atom stereocenters. The van der Waals surface area contributed by atoms with Crippen LogP contribution in [-0.2, 0) is 4.74 Å². The van der Waals surface area contributed by atoms with Crippen molar-refractivity contribution in [1.82, 2.24) is 9.88 Å². The number of aliphatic hydroxyl groups excluding tert-OH is 2. The molecule has 7 heteroatoms. The van der Waals surface area contributed by atoms with E-state index < -0.39 is 29.1 Å². The summed E-state index contributed by atoms with van der Waals surface area (Å²) in [5, 5.41) is 21.9. The van der Waals surface area contributed by atoms with Crippen LogP contribution in [0, 0.1) is 18.3 Å². The molecule has 2 aromatic rings. The standard InChI is InChI=1S/C29H35FN2O4/c1-16-31-20-13-17(5-7-22(20)35-16)19-6-8-23-26(19,2)10-9-18-14-29(30)25(34)24(33)21(32(3)4)15-27(29)11-12-28(18,23)36-27/h5-7,9,13,21,23-25,33-34H,8,10-12,14-15H2,1-4H3/t21-,23?,24+,25-,26+,27+,28+,29?/m0/s1. The van der Waals surface area contributed by atoms with E-state index in [0.717, 1.165) is 41.5 Å². The number of hydrogen-bond donors (Lipinski definition) is 2. The molecule has 0 radical (unpaired) electrons. The number of alkyl halides is 1. The van der Waals surface area contributed by atoms with E-state index in [0.29, 0.717) is 18.7 Å². The van der Waals surface area contributed by atoms with Crippen molar-refractivity contribution in [2.75, 3.05) is 14.1 Å². The second-order valence-corrected chi connectivity index (χ2v) is 12.4. The SMILES string of the molecule is Cc1nc2cc(C3=CCC4[C@]3(C)CC=C3CC5(F)[C@@H](O)[C@H](O)[C@@H](N(C)C)C[C@]56CC[C@@]34O6)ccc2o1. The van der Waals surface area contributed by atoms with Crippen LogP contribution < -0.4 is 0 Å². The molecule has 3 fully saturated rings. The van der Waals surface area contributed by atoms with Gasteiger partial charge in [0.1, 0.15) is 17.2 Å². The second-order valence-electron chi connectivity index (χ2n) is 12.4. The first kappa shape index (κ1) is 23.1. The average molecular weight is 495 g/mol. The summed E-state index contributed by atoms with van der Waals surface area (Å²) in [6.45, 7) is 4.19. The molecule has 1 aromatic carbocycles. The lowest BCUT2D eigenvalue weighted by molar-refractivity contribution is -0.282. The van der Waals surface area contributed by atoms with Crippen molar-refractivity contribution in [3.8, 4) is 0 Å². The predicted molar refractivity (Wildman–Crippen MR) is 134 cm³/mol. The Hall–Kier alpha value is -2.06. The van der Waals surface area contributed by atoms with Gasteiger partial charge in [0.05, 0.1) is 11.7 Å². The van der Waals surface area contributed by atoms with E-state index in [-0.39, 0.29) is 23.8 Å². The van der Waals surface area contributed by atoms with E-state index in [1.165, 1.54) is 5.57 Å². The quantitative estimate of drug-likeness (QED) is 0.605. The minimum atomic E-state index is -1.98. The molecule has 0 amide bonds. The van der Waals surface area contributed by atoms with Crippen LogP contribution in [0.5, 0.6) is 0 Å². The fourth-order valence-corrected chi connectivity index (χ4v) is 8.64. The lowest BCUT2D eigenvalue weighted by Crippen LogP contribution is -2.73. The van der Waals surface area contributed by atoms with Gasteiger partial charge in [-0.05, 0) is 75.0 Å². The van der Waals surface area contributed by atoms with Gasteiger partial charge in [-0.2, -0.15) is 0 Å². The van der Waals surface area contributed by atoms with E-state index in [1.54, 1.807) is 0 Å². The molecule has 5 aliphatic rings. The number of allylic oxidation sites excluding steroid dienone is 3. The number of ether oxygens (including phenoxy) is 1. The third kappa shape index (κ3) is 2.62. The van der Waals surface area contributed by atoms with Gasteiger partial charge < -0.3 is 24.3 Å². The number of hydrogen-bond acceptors (Lipinski definition) is 6. The van der Waals surface area contributed by atoms with E-state index in [9.17, 15) is 10.2 Å². The zero-order chi connectivity index (χ0) is 25.3. The van der Waals surface area contributed by atoms with Crippen molar-refractivity contribution in [3.05, 3.63) is 47.4 Å². The van der Waals surface area contributed by atoms with Crippen LogP contribution in [0.3, 0.4) is 0 Å². The van der Waals surface area contributed by atoms with Gasteiger partial charge in [-0.15, -0.1) is 0 Å². The van der Waals surface area contributed by atoms with E-state index in [1.807, 2.05) is 32.0 Å². The molecule has 6 nitrogen and oxygen atoms in total. The minimum Gasteiger partial charge on any atom is -0.441 e. The molecule has 2 bridgehead atoms. The van der Waals surface area contributed by atoms with Crippen LogP contribution >= 0.6 is 0 Å². The van der Waals surface area contributed by atoms with Crippen molar-refractivity contribution in [2.24, 2.45) is 11.3 Å². The maximum atomic E-state index is 16.9. The number of fused-ring (bicyclic) bond motifs is 2. The van der Waals surface area contributed by atoms with Crippen molar-refractivity contribution in [1.29, 1.82) is 0 Å². The van der Waals surface area contributed by atoms with Crippen molar-refractivity contribution in [2.45, 2.75) is 87.5 Å². The summed E-state index contributed by atoms with van der Waals surface area (Å²) in [4.78, 5) is 6.43. The number of aliphatic hydroxyl groups is 2. The summed E-state index contributed by atoms with van der Waals surface area (Å²) in [6.07, 6.45) is 5.40. The molecule has 1 saturated carbocycles. The van der Waals surface area contributed by atoms with E-state index in [2.05, 4.69) is 36.2 Å². The normalized spacial score (nSPS) is 45.3. The highest BCUT2D eigenvalue weighted by Crippen LogP contribution is 2.70. The molecule has 2 unspecified atom stereocenters. The molecule has 1 aromatic heterocycles. The van der Waals surface area contributed by atoms with Crippen LogP contribution in [0.1, 0.15) is 56.9 Å². The number of oxazole rings is 1. The molecule has 36 heavy (non-hydrogen) atoms. The van der Waals surface area contributed by atoms with Gasteiger partial charge in [0.25, 0.3) is 0 Å². The Morgan fingerprint density at radius 3 is 2.75 bits per heavy atom. The molecule has 2 aliphatic heterocycles. The van der Waals surface area contributed by atoms with E-state index in [4.69, 9.17) is 9.15 Å². The van der Waals surface area contributed by atoms with Crippen LogP contribution in [-0.4, -0.2) is 69.3 Å². The van der Waals surface area contributed by atoms with Gasteiger partial charge in [-0.25, -0.2) is 9.37 Å². The largest absolute Gasteiger partial charge is 0.441 e. The Balaban J connectivity index is 1.29. The first-order chi connectivity index (χ1) is 17.0. The van der Waals surface area contributed by atoms with Gasteiger partial charge in [-0.1, -0.05) is 25.1 Å². The number of rotatable bonds is 2. The van der Waals surface area contributed by atoms with Crippen molar-refractivity contribution < 1.29 is 23.8 Å². The smallest absolute Gasteiger partial charge is 0.192 e. The van der Waals surface area contributed by atoms with Crippen LogP contribution in [0.2, 0.25) is 0 Å². The maximum absolute atomic E-state index is 16.9. The molecule has 192 valence electrons. The Morgan fingerprint density at radius 2 is 1.97 bits per heavy atom. The molecule has 2 saturated heterocycles. The molecule has 2 spiro atoms. The molecule has 3 heterocycles. The zero-order valence-electron chi connectivity index (χ0n) is 21.4. The van der Waals surface area contributed by atoms with Gasteiger partial charge in [0.15, 0.2) is 17.1 Å². The number of aryl methyl sites for hydroxylation is 1. The molecular weight excluding hydrogens is 459 g/mol. The van der Waals surface area contributed by atoms with Gasteiger partial charge in [-0.3, -0.25) is 0 Å². The van der Waals surface area contributed by atoms with Crippen molar-refractivity contribution in [3.63, 3.8) is 0 Å². The number of aromatic nitrogens is 1. The Morgan fingerprint density at radius 1 is 1.17 bits per heavy atom. The molecule has 2 N–H and O–H groups in total. The summed E-state index contributed by atoms with van der Waals surface area (Å²) in [7, 11) is 3.75. The highest BCUT2D eigenvalue weighted by molar-refractivity contribution is 5.82. The fraction of sp³-hybridized carbons (Fsp3) is 0.621. The lowest BCUT2D eigenvalue weighted by Gasteiger charge is -2.61. The van der Waals surface area contributed by atoms with Gasteiger partial charge >= 0.3 is 0 Å². The highest BCUT2D eigenvalue weighted by atomic mass is 19.1. The topological polar surface area (TPSA) is 79.0 Å². The summed E-state index contributed by atoms with van der Waals surface area (Å²) >= 11 is 0. The highest BCUT2D eigenvalue weighted by Gasteiger charge is 2.76. The number of nitrogens with zero attached hydrogens (tertiary/aromatic N) is 2. The van der Waals surface area contributed by atoms with Crippen LogP contribution in [0.15, 0.2) is 40.3 Å².